The molecule has 1 aliphatic rings. The summed E-state index contributed by atoms with van der Waals surface area (Å²) in [5, 5.41) is 12.1. The third-order valence-electron chi connectivity index (χ3n) is 3.70. The summed E-state index contributed by atoms with van der Waals surface area (Å²) in [5.41, 5.74) is 0.881. The lowest BCUT2D eigenvalue weighted by molar-refractivity contribution is -0.131. The second-order valence-electron chi connectivity index (χ2n) is 5.36. The van der Waals surface area contributed by atoms with Crippen LogP contribution < -0.4 is 5.32 Å². The fraction of sp³-hybridized carbons (Fsp3) is 0.438. The van der Waals surface area contributed by atoms with Crippen molar-refractivity contribution >= 4 is 23.4 Å². The first kappa shape index (κ1) is 16.3. The van der Waals surface area contributed by atoms with E-state index in [1.54, 1.807) is 17.0 Å². The molecule has 22 heavy (non-hydrogen) atoms. The molecular formula is C16H18ClN3O2. The summed E-state index contributed by atoms with van der Waals surface area (Å²) in [6.45, 7) is 1.17. The van der Waals surface area contributed by atoms with Crippen LogP contribution in [0.15, 0.2) is 24.3 Å². The van der Waals surface area contributed by atoms with Gasteiger partial charge in [0.25, 0.3) is 0 Å². The van der Waals surface area contributed by atoms with Crippen molar-refractivity contribution in [2.45, 2.75) is 31.7 Å². The molecule has 1 aromatic rings. The van der Waals surface area contributed by atoms with Gasteiger partial charge in [0.15, 0.2) is 0 Å². The topological polar surface area (TPSA) is 73.2 Å². The van der Waals surface area contributed by atoms with Gasteiger partial charge in [0.05, 0.1) is 12.5 Å². The summed E-state index contributed by atoms with van der Waals surface area (Å²) in [6, 6.07) is 9.20. The van der Waals surface area contributed by atoms with Crippen molar-refractivity contribution in [3.8, 4) is 6.07 Å². The van der Waals surface area contributed by atoms with Crippen molar-refractivity contribution in [2.24, 2.45) is 0 Å². The number of carbonyl (C=O) groups excluding carboxylic acids is 2. The van der Waals surface area contributed by atoms with Crippen LogP contribution in [0.3, 0.4) is 0 Å². The second kappa shape index (κ2) is 7.81. The fourth-order valence-electron chi connectivity index (χ4n) is 2.56. The predicted octanol–water partition coefficient (Wildman–Crippen LogP) is 1.90. The molecule has 0 atom stereocenters. The van der Waals surface area contributed by atoms with E-state index < -0.39 is 0 Å². The molecule has 1 heterocycles. The average molecular weight is 320 g/mol. The SMILES string of the molecule is N#CCC(=O)N1CCC(NC(=O)Cc2cccc(Cl)c2)CC1. The zero-order valence-corrected chi connectivity index (χ0v) is 13.0. The summed E-state index contributed by atoms with van der Waals surface area (Å²) in [6.07, 6.45) is 1.66. The summed E-state index contributed by atoms with van der Waals surface area (Å²) in [5.74, 6) is -0.171. The van der Waals surface area contributed by atoms with Gasteiger partial charge < -0.3 is 10.2 Å². The molecule has 6 heteroatoms. The normalized spacial score (nSPS) is 15.2. The van der Waals surface area contributed by atoms with Crippen LogP contribution in [0, 0.1) is 11.3 Å². The van der Waals surface area contributed by atoms with Crippen LogP contribution in [0.5, 0.6) is 0 Å². The minimum absolute atomic E-state index is 0.0379. The number of likely N-dealkylation sites (tertiary alicyclic amines) is 1. The number of rotatable bonds is 4. The quantitative estimate of drug-likeness (QED) is 0.921. The van der Waals surface area contributed by atoms with E-state index in [4.69, 9.17) is 16.9 Å². The number of amides is 2. The van der Waals surface area contributed by atoms with Crippen LogP contribution >= 0.6 is 11.6 Å². The Morgan fingerprint density at radius 1 is 1.36 bits per heavy atom. The van der Waals surface area contributed by atoms with Crippen LogP contribution in [-0.4, -0.2) is 35.8 Å². The summed E-state index contributed by atoms with van der Waals surface area (Å²) < 4.78 is 0. The van der Waals surface area contributed by atoms with Gasteiger partial charge in [-0.3, -0.25) is 9.59 Å². The zero-order chi connectivity index (χ0) is 15.9. The van der Waals surface area contributed by atoms with Crippen molar-refractivity contribution in [3.63, 3.8) is 0 Å². The van der Waals surface area contributed by atoms with E-state index in [0.29, 0.717) is 24.5 Å². The van der Waals surface area contributed by atoms with Crippen molar-refractivity contribution < 1.29 is 9.59 Å². The maximum absolute atomic E-state index is 12.0. The number of benzene rings is 1. The minimum atomic E-state index is -0.133. The largest absolute Gasteiger partial charge is 0.353 e. The van der Waals surface area contributed by atoms with E-state index in [1.807, 2.05) is 18.2 Å². The molecule has 116 valence electrons. The average Bonchev–Trinajstić information content (AvgIpc) is 2.48. The van der Waals surface area contributed by atoms with Gasteiger partial charge in [-0.2, -0.15) is 5.26 Å². The summed E-state index contributed by atoms with van der Waals surface area (Å²) in [4.78, 5) is 25.3. The molecule has 1 N–H and O–H groups in total. The van der Waals surface area contributed by atoms with Crippen molar-refractivity contribution in [3.05, 3.63) is 34.9 Å². The van der Waals surface area contributed by atoms with Gasteiger partial charge in [-0.1, -0.05) is 23.7 Å². The highest BCUT2D eigenvalue weighted by molar-refractivity contribution is 6.30. The number of nitrogens with one attached hydrogen (secondary N) is 1. The van der Waals surface area contributed by atoms with Gasteiger partial charge in [-0.15, -0.1) is 0 Å². The maximum Gasteiger partial charge on any atom is 0.236 e. The molecule has 5 nitrogen and oxygen atoms in total. The molecular weight excluding hydrogens is 302 g/mol. The highest BCUT2D eigenvalue weighted by atomic mass is 35.5. The lowest BCUT2D eigenvalue weighted by atomic mass is 10.0. The van der Waals surface area contributed by atoms with Crippen molar-refractivity contribution in [1.82, 2.24) is 10.2 Å². The van der Waals surface area contributed by atoms with Gasteiger partial charge >= 0.3 is 0 Å². The molecule has 1 saturated heterocycles. The van der Waals surface area contributed by atoms with E-state index in [2.05, 4.69) is 5.32 Å². The second-order valence-corrected chi connectivity index (χ2v) is 5.80. The van der Waals surface area contributed by atoms with Crippen molar-refractivity contribution in [2.75, 3.05) is 13.1 Å². The predicted molar refractivity (Wildman–Crippen MR) is 83.1 cm³/mol. The Morgan fingerprint density at radius 3 is 2.73 bits per heavy atom. The Balaban J connectivity index is 1.77. The Labute approximate surface area is 134 Å². The molecule has 0 saturated carbocycles. The molecule has 0 bridgehead atoms. The Hall–Kier alpha value is -2.06. The molecule has 0 spiro atoms. The van der Waals surface area contributed by atoms with Crippen LogP contribution in [0.4, 0.5) is 0 Å². The number of halogens is 1. The van der Waals surface area contributed by atoms with E-state index in [-0.39, 0.29) is 24.3 Å². The minimum Gasteiger partial charge on any atom is -0.353 e. The van der Waals surface area contributed by atoms with Gasteiger partial charge in [0.1, 0.15) is 6.42 Å². The van der Waals surface area contributed by atoms with Gasteiger partial charge in [0.2, 0.25) is 11.8 Å². The van der Waals surface area contributed by atoms with E-state index in [0.717, 1.165) is 18.4 Å². The lowest BCUT2D eigenvalue weighted by Crippen LogP contribution is -2.46. The van der Waals surface area contributed by atoms with Crippen LogP contribution in [0.25, 0.3) is 0 Å². The monoisotopic (exact) mass is 319 g/mol. The standard InChI is InChI=1S/C16H18ClN3O2/c17-13-3-1-2-12(10-13)11-15(21)19-14-5-8-20(9-6-14)16(22)4-7-18/h1-3,10,14H,4-6,8-9,11H2,(H,19,21). The van der Waals surface area contributed by atoms with E-state index >= 15 is 0 Å². The van der Waals surface area contributed by atoms with Crippen molar-refractivity contribution in [1.29, 1.82) is 5.26 Å². The fourth-order valence-corrected chi connectivity index (χ4v) is 2.78. The summed E-state index contributed by atoms with van der Waals surface area (Å²) >= 11 is 5.90. The van der Waals surface area contributed by atoms with E-state index in [9.17, 15) is 9.59 Å². The van der Waals surface area contributed by atoms with Crippen LogP contribution in [0.2, 0.25) is 5.02 Å². The smallest absolute Gasteiger partial charge is 0.236 e. The number of nitriles is 1. The summed E-state index contributed by atoms with van der Waals surface area (Å²) in [7, 11) is 0. The molecule has 1 fully saturated rings. The first-order valence-electron chi connectivity index (χ1n) is 7.27. The number of piperidine rings is 1. The molecule has 2 amide bonds. The Kier molecular flexibility index (Phi) is 5.79. The number of carbonyl (C=O) groups is 2. The van der Waals surface area contributed by atoms with Gasteiger partial charge in [-0.05, 0) is 30.5 Å². The zero-order valence-electron chi connectivity index (χ0n) is 12.2. The van der Waals surface area contributed by atoms with Gasteiger partial charge in [0, 0.05) is 24.2 Å². The number of hydrogen-bond acceptors (Lipinski definition) is 3. The van der Waals surface area contributed by atoms with Gasteiger partial charge in [-0.25, -0.2) is 0 Å². The number of hydrogen-bond donors (Lipinski definition) is 1. The molecule has 1 aliphatic heterocycles. The maximum atomic E-state index is 12.0. The number of nitrogens with zero attached hydrogens (tertiary/aromatic N) is 2. The molecule has 1 aromatic carbocycles. The molecule has 2 rings (SSSR count). The van der Waals surface area contributed by atoms with E-state index in [1.165, 1.54) is 0 Å². The highest BCUT2D eigenvalue weighted by Crippen LogP contribution is 2.13. The first-order chi connectivity index (χ1) is 10.6. The van der Waals surface area contributed by atoms with Crippen LogP contribution in [0.1, 0.15) is 24.8 Å². The highest BCUT2D eigenvalue weighted by Gasteiger charge is 2.23. The molecule has 0 unspecified atom stereocenters. The Morgan fingerprint density at radius 2 is 2.09 bits per heavy atom. The third-order valence-corrected chi connectivity index (χ3v) is 3.93. The van der Waals surface area contributed by atoms with Crippen LogP contribution in [-0.2, 0) is 16.0 Å². The molecule has 0 aliphatic carbocycles. The Bertz CT molecular complexity index is 589. The first-order valence-corrected chi connectivity index (χ1v) is 7.65. The lowest BCUT2D eigenvalue weighted by Gasteiger charge is -2.32. The molecule has 0 aromatic heterocycles. The third kappa shape index (κ3) is 4.74. The molecule has 0 radical (unpaired) electrons.